The van der Waals surface area contributed by atoms with E-state index in [9.17, 15) is 4.79 Å². The van der Waals surface area contributed by atoms with Gasteiger partial charge in [-0.05, 0) is 29.8 Å². The molecule has 1 N–H and O–H groups in total. The average molecular weight is 454 g/mol. The second-order valence-electron chi connectivity index (χ2n) is 6.26. The van der Waals surface area contributed by atoms with Crippen molar-refractivity contribution in [1.29, 1.82) is 0 Å². The Morgan fingerprint density at radius 1 is 1.22 bits per heavy atom. The summed E-state index contributed by atoms with van der Waals surface area (Å²) in [6.07, 6.45) is 0.211. The fraction of sp³-hybridized carbons (Fsp3) is 0.350. The molecule has 2 aromatic carbocycles. The Morgan fingerprint density at radius 3 is 2.78 bits per heavy atom. The highest BCUT2D eigenvalue weighted by molar-refractivity contribution is 9.10. The molecule has 0 saturated carbocycles. The maximum Gasteiger partial charge on any atom is 0.228 e. The molecule has 0 aromatic heterocycles. The molecule has 144 valence electrons. The standard InChI is InChI=1S/C20H22BrClN2O3/c21-16-5-6-18(23-20(25)13-15-3-1-2-4-17(15)22)19(14-16)27-12-9-24-7-10-26-11-8-24/h1-6,14H,7-13H2,(H,23,25). The van der Waals surface area contributed by atoms with Crippen molar-refractivity contribution in [3.8, 4) is 5.75 Å². The first kappa shape index (κ1) is 20.1. The SMILES string of the molecule is O=C(Cc1ccccc1Cl)Nc1ccc(Br)cc1OCCN1CCOCC1. The fourth-order valence-electron chi connectivity index (χ4n) is 2.84. The Bertz CT molecular complexity index is 782. The largest absolute Gasteiger partial charge is 0.490 e. The van der Waals surface area contributed by atoms with Gasteiger partial charge in [-0.1, -0.05) is 45.7 Å². The number of carbonyl (C=O) groups is 1. The summed E-state index contributed by atoms with van der Waals surface area (Å²) in [5, 5.41) is 3.51. The van der Waals surface area contributed by atoms with Gasteiger partial charge in [-0.2, -0.15) is 0 Å². The normalized spacial score (nSPS) is 14.7. The van der Waals surface area contributed by atoms with Crippen LogP contribution < -0.4 is 10.1 Å². The van der Waals surface area contributed by atoms with Crippen LogP contribution in [0.2, 0.25) is 5.02 Å². The number of halogens is 2. The molecular formula is C20H22BrClN2O3. The zero-order chi connectivity index (χ0) is 19.1. The molecule has 7 heteroatoms. The predicted octanol–water partition coefficient (Wildman–Crippen LogP) is 3.99. The molecule has 0 unspecified atom stereocenters. The first-order chi connectivity index (χ1) is 13.1. The molecule has 2 aromatic rings. The lowest BCUT2D eigenvalue weighted by Crippen LogP contribution is -2.38. The van der Waals surface area contributed by atoms with Gasteiger partial charge < -0.3 is 14.8 Å². The summed E-state index contributed by atoms with van der Waals surface area (Å²) in [5.74, 6) is 0.508. The first-order valence-electron chi connectivity index (χ1n) is 8.87. The molecule has 0 atom stereocenters. The summed E-state index contributed by atoms with van der Waals surface area (Å²) in [4.78, 5) is 14.7. The van der Waals surface area contributed by atoms with E-state index in [0.717, 1.165) is 42.9 Å². The molecule has 5 nitrogen and oxygen atoms in total. The molecule has 0 aliphatic carbocycles. The van der Waals surface area contributed by atoms with Crippen molar-refractivity contribution in [3.05, 3.63) is 57.5 Å². The van der Waals surface area contributed by atoms with Crippen LogP contribution in [0, 0.1) is 0 Å². The van der Waals surface area contributed by atoms with Crippen LogP contribution in [0.25, 0.3) is 0 Å². The summed E-state index contributed by atoms with van der Waals surface area (Å²) in [6, 6.07) is 12.9. The van der Waals surface area contributed by atoms with Gasteiger partial charge in [0.1, 0.15) is 12.4 Å². The van der Waals surface area contributed by atoms with Gasteiger partial charge in [0.2, 0.25) is 5.91 Å². The Hall–Kier alpha value is -1.60. The number of carbonyl (C=O) groups excluding carboxylic acids is 1. The average Bonchev–Trinajstić information content (AvgIpc) is 2.66. The van der Waals surface area contributed by atoms with Crippen LogP contribution in [0.5, 0.6) is 5.75 Å². The maximum absolute atomic E-state index is 12.4. The number of morpholine rings is 1. The van der Waals surface area contributed by atoms with Gasteiger partial charge in [-0.3, -0.25) is 9.69 Å². The lowest BCUT2D eigenvalue weighted by molar-refractivity contribution is -0.115. The van der Waals surface area contributed by atoms with Crippen LogP contribution in [-0.2, 0) is 16.0 Å². The van der Waals surface area contributed by atoms with E-state index in [1.165, 1.54) is 0 Å². The Morgan fingerprint density at radius 2 is 2.00 bits per heavy atom. The lowest BCUT2D eigenvalue weighted by Gasteiger charge is -2.26. The summed E-state index contributed by atoms with van der Waals surface area (Å²) < 4.78 is 12.2. The van der Waals surface area contributed by atoms with Gasteiger partial charge in [-0.15, -0.1) is 0 Å². The number of hydrogen-bond acceptors (Lipinski definition) is 4. The Balaban J connectivity index is 1.59. The highest BCUT2D eigenvalue weighted by Gasteiger charge is 2.13. The minimum absolute atomic E-state index is 0.136. The van der Waals surface area contributed by atoms with Gasteiger partial charge in [0.05, 0.1) is 25.3 Å². The van der Waals surface area contributed by atoms with Gasteiger partial charge in [-0.25, -0.2) is 0 Å². The summed E-state index contributed by atoms with van der Waals surface area (Å²) in [7, 11) is 0. The summed E-state index contributed by atoms with van der Waals surface area (Å²) in [5.41, 5.74) is 1.45. The van der Waals surface area contributed by atoms with E-state index in [0.29, 0.717) is 23.1 Å². The van der Waals surface area contributed by atoms with Crippen LogP contribution in [0.4, 0.5) is 5.69 Å². The fourth-order valence-corrected chi connectivity index (χ4v) is 3.38. The van der Waals surface area contributed by atoms with Crippen LogP contribution in [0.15, 0.2) is 46.9 Å². The third-order valence-electron chi connectivity index (χ3n) is 4.30. The third kappa shape index (κ3) is 6.21. The number of benzene rings is 2. The van der Waals surface area contributed by atoms with Crippen molar-refractivity contribution in [2.24, 2.45) is 0 Å². The smallest absolute Gasteiger partial charge is 0.228 e. The van der Waals surface area contributed by atoms with E-state index in [1.807, 2.05) is 36.4 Å². The van der Waals surface area contributed by atoms with Crippen LogP contribution >= 0.6 is 27.5 Å². The number of ether oxygens (including phenoxy) is 2. The molecule has 1 fully saturated rings. The van der Waals surface area contributed by atoms with Crippen LogP contribution in [0.3, 0.4) is 0 Å². The minimum Gasteiger partial charge on any atom is -0.490 e. The molecule has 3 rings (SSSR count). The molecule has 1 amide bonds. The second kappa shape index (κ2) is 10.1. The van der Waals surface area contributed by atoms with Crippen LogP contribution in [-0.4, -0.2) is 50.3 Å². The maximum atomic E-state index is 12.4. The van der Waals surface area contributed by atoms with Crippen LogP contribution in [0.1, 0.15) is 5.56 Å². The predicted molar refractivity (Wildman–Crippen MR) is 111 cm³/mol. The molecule has 1 aliphatic heterocycles. The monoisotopic (exact) mass is 452 g/mol. The number of nitrogens with one attached hydrogen (secondary N) is 1. The van der Waals surface area contributed by atoms with E-state index in [4.69, 9.17) is 21.1 Å². The first-order valence-corrected chi connectivity index (χ1v) is 10.0. The Labute approximate surface area is 172 Å². The number of rotatable bonds is 7. The number of hydrogen-bond donors (Lipinski definition) is 1. The molecule has 1 saturated heterocycles. The minimum atomic E-state index is -0.136. The number of amides is 1. The quantitative estimate of drug-likeness (QED) is 0.689. The number of anilines is 1. The molecule has 27 heavy (non-hydrogen) atoms. The zero-order valence-corrected chi connectivity index (χ0v) is 17.3. The van der Waals surface area contributed by atoms with Gasteiger partial charge >= 0.3 is 0 Å². The van der Waals surface area contributed by atoms with E-state index in [-0.39, 0.29) is 12.3 Å². The van der Waals surface area contributed by atoms with E-state index >= 15 is 0 Å². The van der Waals surface area contributed by atoms with Crippen molar-refractivity contribution < 1.29 is 14.3 Å². The molecular weight excluding hydrogens is 432 g/mol. The molecule has 0 spiro atoms. The highest BCUT2D eigenvalue weighted by Crippen LogP contribution is 2.29. The summed E-state index contributed by atoms with van der Waals surface area (Å²) >= 11 is 9.60. The van der Waals surface area contributed by atoms with E-state index in [2.05, 4.69) is 26.1 Å². The zero-order valence-electron chi connectivity index (χ0n) is 14.9. The topological polar surface area (TPSA) is 50.8 Å². The second-order valence-corrected chi connectivity index (χ2v) is 7.58. The van der Waals surface area contributed by atoms with Gasteiger partial charge in [0.25, 0.3) is 0 Å². The van der Waals surface area contributed by atoms with E-state index < -0.39 is 0 Å². The summed E-state index contributed by atoms with van der Waals surface area (Å²) in [6.45, 7) is 4.74. The van der Waals surface area contributed by atoms with Crippen molar-refractivity contribution in [3.63, 3.8) is 0 Å². The molecule has 0 radical (unpaired) electrons. The lowest BCUT2D eigenvalue weighted by atomic mass is 10.1. The molecule has 0 bridgehead atoms. The van der Waals surface area contributed by atoms with Crippen molar-refractivity contribution in [2.45, 2.75) is 6.42 Å². The molecule has 1 aliphatic rings. The molecule has 1 heterocycles. The van der Waals surface area contributed by atoms with Gasteiger partial charge in [0, 0.05) is 29.1 Å². The van der Waals surface area contributed by atoms with Crippen molar-refractivity contribution >= 4 is 39.1 Å². The van der Waals surface area contributed by atoms with Crippen molar-refractivity contribution in [2.75, 3.05) is 44.8 Å². The third-order valence-corrected chi connectivity index (χ3v) is 5.16. The number of nitrogens with zero attached hydrogens (tertiary/aromatic N) is 1. The highest BCUT2D eigenvalue weighted by atomic mass is 79.9. The Kier molecular flexibility index (Phi) is 7.52. The van der Waals surface area contributed by atoms with Crippen molar-refractivity contribution in [1.82, 2.24) is 4.90 Å². The van der Waals surface area contributed by atoms with Gasteiger partial charge in [0.15, 0.2) is 0 Å². The van der Waals surface area contributed by atoms with E-state index in [1.54, 1.807) is 6.07 Å².